The van der Waals surface area contributed by atoms with Crippen LogP contribution in [0.4, 0.5) is 8.78 Å². The molecule has 0 spiro atoms. The number of hydrogen-bond donors (Lipinski definition) is 1. The Morgan fingerprint density at radius 3 is 2.47 bits per heavy atom. The molecule has 0 heterocycles. The second kappa shape index (κ2) is 5.06. The van der Waals surface area contributed by atoms with Crippen molar-refractivity contribution in [2.24, 2.45) is 0 Å². The van der Waals surface area contributed by atoms with Gasteiger partial charge in [-0.1, -0.05) is 12.1 Å². The standard InChI is InChI=1S/C14H10F2O3/c1-19-13-5-2-8(6-12(13)16)10-4-3-9(15)7-11(10)14(17)18/h2-7H,1H3,(H,17,18). The highest BCUT2D eigenvalue weighted by molar-refractivity contribution is 5.96. The Hall–Kier alpha value is -2.43. The summed E-state index contributed by atoms with van der Waals surface area (Å²) in [5, 5.41) is 9.04. The maximum Gasteiger partial charge on any atom is 0.336 e. The van der Waals surface area contributed by atoms with Gasteiger partial charge in [-0.3, -0.25) is 0 Å². The molecule has 0 unspecified atom stereocenters. The van der Waals surface area contributed by atoms with Crippen molar-refractivity contribution in [3.05, 3.63) is 53.6 Å². The van der Waals surface area contributed by atoms with Gasteiger partial charge in [0.1, 0.15) is 5.82 Å². The minimum absolute atomic E-state index is 0.0581. The van der Waals surface area contributed by atoms with E-state index in [-0.39, 0.29) is 16.9 Å². The average molecular weight is 264 g/mol. The van der Waals surface area contributed by atoms with E-state index in [2.05, 4.69) is 0 Å². The van der Waals surface area contributed by atoms with Crippen LogP contribution in [0.5, 0.6) is 5.75 Å². The summed E-state index contributed by atoms with van der Waals surface area (Å²) in [6.45, 7) is 0. The van der Waals surface area contributed by atoms with E-state index in [9.17, 15) is 13.6 Å². The van der Waals surface area contributed by atoms with E-state index in [1.165, 1.54) is 25.3 Å². The molecule has 0 saturated heterocycles. The van der Waals surface area contributed by atoms with Crippen LogP contribution < -0.4 is 4.74 Å². The maximum atomic E-state index is 13.6. The molecular formula is C14H10F2O3. The second-order valence-corrected chi connectivity index (χ2v) is 3.84. The fourth-order valence-corrected chi connectivity index (χ4v) is 1.78. The van der Waals surface area contributed by atoms with Crippen molar-refractivity contribution in [2.45, 2.75) is 0 Å². The number of benzene rings is 2. The molecule has 5 heteroatoms. The molecular weight excluding hydrogens is 254 g/mol. The number of halogens is 2. The Balaban J connectivity index is 2.58. The van der Waals surface area contributed by atoms with Gasteiger partial charge in [0.25, 0.3) is 0 Å². The van der Waals surface area contributed by atoms with Crippen molar-refractivity contribution in [1.29, 1.82) is 0 Å². The molecule has 0 fully saturated rings. The monoisotopic (exact) mass is 264 g/mol. The molecule has 2 aromatic rings. The molecule has 2 aromatic carbocycles. The van der Waals surface area contributed by atoms with Crippen molar-refractivity contribution < 1.29 is 23.4 Å². The van der Waals surface area contributed by atoms with E-state index < -0.39 is 17.6 Å². The Morgan fingerprint density at radius 1 is 1.16 bits per heavy atom. The Kier molecular flexibility index (Phi) is 3.46. The molecule has 0 aliphatic heterocycles. The Morgan fingerprint density at radius 2 is 1.89 bits per heavy atom. The van der Waals surface area contributed by atoms with E-state index in [0.29, 0.717) is 5.56 Å². The number of aromatic carboxylic acids is 1. The first-order valence-corrected chi connectivity index (χ1v) is 5.39. The molecule has 1 N–H and O–H groups in total. The fraction of sp³-hybridized carbons (Fsp3) is 0.0714. The molecule has 19 heavy (non-hydrogen) atoms. The van der Waals surface area contributed by atoms with Crippen LogP contribution in [0.25, 0.3) is 11.1 Å². The van der Waals surface area contributed by atoms with E-state index in [0.717, 1.165) is 18.2 Å². The Labute approximate surface area is 108 Å². The van der Waals surface area contributed by atoms with Gasteiger partial charge >= 0.3 is 5.97 Å². The summed E-state index contributed by atoms with van der Waals surface area (Å²) < 4.78 is 31.4. The van der Waals surface area contributed by atoms with Gasteiger partial charge in [-0.2, -0.15) is 0 Å². The zero-order valence-electron chi connectivity index (χ0n) is 9.98. The van der Waals surface area contributed by atoms with E-state index in [1.807, 2.05) is 0 Å². The summed E-state index contributed by atoms with van der Waals surface area (Å²) in [6.07, 6.45) is 0. The minimum atomic E-state index is -1.27. The molecule has 0 amide bonds. The number of rotatable bonds is 3. The number of methoxy groups -OCH3 is 1. The van der Waals surface area contributed by atoms with Crippen LogP contribution in [0, 0.1) is 11.6 Å². The first-order chi connectivity index (χ1) is 9.02. The molecule has 0 aliphatic rings. The number of carboxylic acid groups (broad SMARTS) is 1. The highest BCUT2D eigenvalue weighted by atomic mass is 19.1. The second-order valence-electron chi connectivity index (χ2n) is 3.84. The van der Waals surface area contributed by atoms with Gasteiger partial charge in [0.05, 0.1) is 12.7 Å². The molecule has 0 bridgehead atoms. The molecule has 0 radical (unpaired) electrons. The van der Waals surface area contributed by atoms with Crippen molar-refractivity contribution >= 4 is 5.97 Å². The largest absolute Gasteiger partial charge is 0.494 e. The van der Waals surface area contributed by atoms with Crippen LogP contribution in [0.3, 0.4) is 0 Å². The Bertz CT molecular complexity index is 639. The molecule has 0 atom stereocenters. The average Bonchev–Trinajstić information content (AvgIpc) is 2.38. The lowest BCUT2D eigenvalue weighted by atomic mass is 9.99. The summed E-state index contributed by atoms with van der Waals surface area (Å²) in [4.78, 5) is 11.1. The SMILES string of the molecule is COc1ccc(-c2ccc(F)cc2C(=O)O)cc1F. The zero-order valence-corrected chi connectivity index (χ0v) is 9.98. The topological polar surface area (TPSA) is 46.5 Å². The number of hydrogen-bond acceptors (Lipinski definition) is 2. The number of ether oxygens (including phenoxy) is 1. The lowest BCUT2D eigenvalue weighted by Crippen LogP contribution is -2.00. The fourth-order valence-electron chi connectivity index (χ4n) is 1.78. The van der Waals surface area contributed by atoms with Gasteiger partial charge < -0.3 is 9.84 Å². The summed E-state index contributed by atoms with van der Waals surface area (Å²) in [7, 11) is 1.33. The van der Waals surface area contributed by atoms with E-state index >= 15 is 0 Å². The van der Waals surface area contributed by atoms with Gasteiger partial charge in [-0.25, -0.2) is 13.6 Å². The summed E-state index contributed by atoms with van der Waals surface area (Å²) in [5.74, 6) is -2.48. The van der Waals surface area contributed by atoms with Crippen LogP contribution in [0.1, 0.15) is 10.4 Å². The quantitative estimate of drug-likeness (QED) is 0.924. The van der Waals surface area contributed by atoms with Crippen molar-refractivity contribution in [1.82, 2.24) is 0 Å². The van der Waals surface area contributed by atoms with Crippen molar-refractivity contribution in [3.8, 4) is 16.9 Å². The minimum Gasteiger partial charge on any atom is -0.494 e. The summed E-state index contributed by atoms with van der Waals surface area (Å²) in [6, 6.07) is 7.39. The van der Waals surface area contributed by atoms with E-state index in [4.69, 9.17) is 9.84 Å². The van der Waals surface area contributed by atoms with Gasteiger partial charge in [0, 0.05) is 0 Å². The first kappa shape index (κ1) is 13.0. The highest BCUT2D eigenvalue weighted by Gasteiger charge is 2.14. The van der Waals surface area contributed by atoms with Crippen molar-refractivity contribution in [3.63, 3.8) is 0 Å². The van der Waals surface area contributed by atoms with Crippen LogP contribution >= 0.6 is 0 Å². The molecule has 3 nitrogen and oxygen atoms in total. The van der Waals surface area contributed by atoms with Gasteiger partial charge in [0.15, 0.2) is 11.6 Å². The number of carbonyl (C=O) groups is 1. The molecule has 0 aromatic heterocycles. The molecule has 98 valence electrons. The third-order valence-corrected chi connectivity index (χ3v) is 2.67. The third-order valence-electron chi connectivity index (χ3n) is 2.67. The van der Waals surface area contributed by atoms with Gasteiger partial charge in [-0.05, 0) is 35.4 Å². The maximum absolute atomic E-state index is 13.6. The first-order valence-electron chi connectivity index (χ1n) is 5.39. The molecule has 0 aliphatic carbocycles. The lowest BCUT2D eigenvalue weighted by Gasteiger charge is -2.08. The van der Waals surface area contributed by atoms with Crippen LogP contribution in [-0.2, 0) is 0 Å². The molecule has 2 rings (SSSR count). The smallest absolute Gasteiger partial charge is 0.336 e. The van der Waals surface area contributed by atoms with E-state index in [1.54, 1.807) is 0 Å². The lowest BCUT2D eigenvalue weighted by molar-refractivity contribution is 0.0697. The predicted octanol–water partition coefficient (Wildman–Crippen LogP) is 3.34. The predicted molar refractivity (Wildman–Crippen MR) is 65.3 cm³/mol. The van der Waals surface area contributed by atoms with Crippen LogP contribution in [0.15, 0.2) is 36.4 Å². The van der Waals surface area contributed by atoms with Crippen LogP contribution in [0.2, 0.25) is 0 Å². The van der Waals surface area contributed by atoms with Gasteiger partial charge in [-0.15, -0.1) is 0 Å². The zero-order chi connectivity index (χ0) is 14.0. The van der Waals surface area contributed by atoms with Crippen molar-refractivity contribution in [2.75, 3.05) is 7.11 Å². The summed E-state index contributed by atoms with van der Waals surface area (Å²) in [5.41, 5.74) is 0.371. The highest BCUT2D eigenvalue weighted by Crippen LogP contribution is 2.28. The van der Waals surface area contributed by atoms with Crippen LogP contribution in [-0.4, -0.2) is 18.2 Å². The molecule has 0 saturated carbocycles. The summed E-state index contributed by atoms with van der Waals surface area (Å²) >= 11 is 0. The number of carboxylic acids is 1. The van der Waals surface area contributed by atoms with Gasteiger partial charge in [0.2, 0.25) is 0 Å². The normalized spacial score (nSPS) is 10.3. The third kappa shape index (κ3) is 2.54.